The van der Waals surface area contributed by atoms with Gasteiger partial charge in [0, 0.05) is 19.6 Å². The van der Waals surface area contributed by atoms with Crippen LogP contribution in [0.25, 0.3) is 10.8 Å². The van der Waals surface area contributed by atoms with Crippen molar-refractivity contribution in [2.45, 2.75) is 19.9 Å². The van der Waals surface area contributed by atoms with Gasteiger partial charge in [-0.1, -0.05) is 30.4 Å². The number of fused-ring (bicyclic) bond motifs is 6. The second kappa shape index (κ2) is 8.89. The maximum Gasteiger partial charge on any atom is 0.233 e. The molecule has 1 saturated carbocycles. The average Bonchev–Trinajstić information content (AvgIpc) is 3.52. The van der Waals surface area contributed by atoms with E-state index in [0.717, 1.165) is 35.1 Å². The number of methoxy groups -OCH3 is 1. The lowest BCUT2D eigenvalue weighted by atomic mass is 9.85. The van der Waals surface area contributed by atoms with Crippen molar-refractivity contribution in [2.24, 2.45) is 28.7 Å². The van der Waals surface area contributed by atoms with Crippen LogP contribution in [0, 0.1) is 23.7 Å². The number of carbonyl (C=O) groups is 2. The van der Waals surface area contributed by atoms with E-state index in [2.05, 4.69) is 46.0 Å². The van der Waals surface area contributed by atoms with E-state index in [1.807, 2.05) is 25.1 Å². The number of rotatable bonds is 7. The largest absolute Gasteiger partial charge is 0.497 e. The number of benzene rings is 2. The van der Waals surface area contributed by atoms with Gasteiger partial charge < -0.3 is 15.4 Å². The van der Waals surface area contributed by atoms with E-state index in [4.69, 9.17) is 4.74 Å². The molecule has 33 heavy (non-hydrogen) atoms. The summed E-state index contributed by atoms with van der Waals surface area (Å²) < 4.78 is 5.29. The number of ether oxygens (including phenoxy) is 1. The molecule has 2 aromatic rings. The lowest BCUT2D eigenvalue weighted by Gasteiger charge is -2.18. The van der Waals surface area contributed by atoms with Gasteiger partial charge in [-0.05, 0) is 59.7 Å². The maximum absolute atomic E-state index is 12.8. The van der Waals surface area contributed by atoms with Crippen LogP contribution in [0.1, 0.15) is 18.9 Å². The number of likely N-dealkylation sites (tertiary alicyclic amines) is 1. The van der Waals surface area contributed by atoms with Gasteiger partial charge in [-0.15, -0.1) is 0 Å². The first-order valence-corrected chi connectivity index (χ1v) is 11.7. The normalized spacial score (nSPS) is 25.8. The van der Waals surface area contributed by atoms with Gasteiger partial charge in [-0.3, -0.25) is 14.5 Å². The lowest BCUT2D eigenvalue weighted by molar-refractivity contribution is -0.140. The van der Waals surface area contributed by atoms with Gasteiger partial charge in [0.05, 0.1) is 25.5 Å². The molecule has 7 nitrogen and oxygen atoms in total. The number of hydrogen-bond donors (Lipinski definition) is 2. The Kier molecular flexibility index (Phi) is 5.79. The molecule has 2 aromatic carbocycles. The number of allylic oxidation sites excluding steroid dienone is 2. The molecule has 2 amide bonds. The molecule has 5 rings (SSSR count). The Bertz CT molecular complexity index is 1110. The Balaban J connectivity index is 1.19. The van der Waals surface area contributed by atoms with Gasteiger partial charge in [0.2, 0.25) is 11.8 Å². The standard InChI is InChI=1S/C26H30N4O3/c1-3-27-26(29-15-16-4-5-18-14-21(33-2)9-8-17(18)12-16)28-10-11-30-24(31)22-19-6-7-20(13-19)23(22)25(30)32/h4-9,12,14,19-20,22-23H,3,10-11,13,15H2,1-2H3,(H2,27,28,29). The Labute approximate surface area is 193 Å². The highest BCUT2D eigenvalue weighted by Gasteiger charge is 2.58. The second-order valence-corrected chi connectivity index (χ2v) is 9.00. The molecule has 0 radical (unpaired) electrons. The Morgan fingerprint density at radius 3 is 2.42 bits per heavy atom. The van der Waals surface area contributed by atoms with Crippen LogP contribution < -0.4 is 15.4 Å². The van der Waals surface area contributed by atoms with Gasteiger partial charge >= 0.3 is 0 Å². The summed E-state index contributed by atoms with van der Waals surface area (Å²) in [6.07, 6.45) is 5.20. The third-order valence-corrected chi connectivity index (χ3v) is 7.07. The number of hydrogen-bond acceptors (Lipinski definition) is 4. The molecule has 7 heteroatoms. The van der Waals surface area contributed by atoms with Gasteiger partial charge in [-0.25, -0.2) is 4.99 Å². The van der Waals surface area contributed by atoms with Crippen LogP contribution in [0.3, 0.4) is 0 Å². The molecule has 2 bridgehead atoms. The highest BCUT2D eigenvalue weighted by molar-refractivity contribution is 6.06. The van der Waals surface area contributed by atoms with E-state index in [0.29, 0.717) is 25.6 Å². The number of nitrogens with one attached hydrogen (secondary N) is 2. The number of amides is 2. The summed E-state index contributed by atoms with van der Waals surface area (Å²) >= 11 is 0. The minimum Gasteiger partial charge on any atom is -0.497 e. The lowest BCUT2D eigenvalue weighted by Crippen LogP contribution is -2.43. The maximum atomic E-state index is 12.8. The minimum atomic E-state index is -0.137. The molecule has 0 spiro atoms. The van der Waals surface area contributed by atoms with Crippen molar-refractivity contribution in [2.75, 3.05) is 26.7 Å². The topological polar surface area (TPSA) is 83.0 Å². The zero-order valence-corrected chi connectivity index (χ0v) is 19.1. The number of nitrogens with zero attached hydrogens (tertiary/aromatic N) is 2. The Hall–Kier alpha value is -3.35. The molecule has 1 heterocycles. The number of imide groups is 1. The van der Waals surface area contributed by atoms with E-state index in [-0.39, 0.29) is 35.5 Å². The van der Waals surface area contributed by atoms with Crippen LogP contribution in [0.2, 0.25) is 0 Å². The fourth-order valence-electron chi connectivity index (χ4n) is 5.48. The molecule has 1 aliphatic heterocycles. The summed E-state index contributed by atoms with van der Waals surface area (Å²) in [7, 11) is 1.67. The SMILES string of the molecule is CCNC(=NCc1ccc2cc(OC)ccc2c1)NCCN1C(=O)C2C3C=CC(C3)C2C1=O. The van der Waals surface area contributed by atoms with Crippen molar-refractivity contribution in [3.8, 4) is 5.75 Å². The smallest absolute Gasteiger partial charge is 0.233 e. The molecular weight excluding hydrogens is 416 g/mol. The first-order chi connectivity index (χ1) is 16.1. The van der Waals surface area contributed by atoms with Crippen LogP contribution >= 0.6 is 0 Å². The second-order valence-electron chi connectivity index (χ2n) is 9.00. The summed E-state index contributed by atoms with van der Waals surface area (Å²) in [5, 5.41) is 8.78. The number of aliphatic imine (C=N–C) groups is 1. The number of guanidine groups is 1. The van der Waals surface area contributed by atoms with Gasteiger partial charge in [-0.2, -0.15) is 0 Å². The Morgan fingerprint density at radius 1 is 1.03 bits per heavy atom. The molecule has 2 aliphatic carbocycles. The van der Waals surface area contributed by atoms with Crippen LogP contribution in [0.5, 0.6) is 5.75 Å². The highest BCUT2D eigenvalue weighted by Crippen LogP contribution is 2.52. The molecule has 2 fully saturated rings. The van der Waals surface area contributed by atoms with E-state index in [1.54, 1.807) is 7.11 Å². The molecule has 4 unspecified atom stereocenters. The first-order valence-electron chi connectivity index (χ1n) is 11.7. The van der Waals surface area contributed by atoms with Crippen molar-refractivity contribution in [3.05, 3.63) is 54.1 Å². The number of carbonyl (C=O) groups excluding carboxylic acids is 2. The molecule has 0 aromatic heterocycles. The van der Waals surface area contributed by atoms with Gasteiger partial charge in [0.15, 0.2) is 5.96 Å². The van der Waals surface area contributed by atoms with Crippen molar-refractivity contribution >= 4 is 28.5 Å². The Morgan fingerprint density at radius 2 is 1.73 bits per heavy atom. The monoisotopic (exact) mass is 446 g/mol. The predicted molar refractivity (Wildman–Crippen MR) is 128 cm³/mol. The third kappa shape index (κ3) is 3.96. The summed E-state index contributed by atoms with van der Waals surface area (Å²) in [5.41, 5.74) is 1.10. The minimum absolute atomic E-state index is 0.00150. The molecule has 172 valence electrons. The zero-order chi connectivity index (χ0) is 22.9. The van der Waals surface area contributed by atoms with Crippen molar-refractivity contribution in [1.29, 1.82) is 0 Å². The average molecular weight is 447 g/mol. The fraction of sp³-hybridized carbons (Fsp3) is 0.423. The van der Waals surface area contributed by atoms with Crippen LogP contribution in [0.4, 0.5) is 0 Å². The van der Waals surface area contributed by atoms with Crippen molar-refractivity contribution < 1.29 is 14.3 Å². The summed E-state index contributed by atoms with van der Waals surface area (Å²) in [4.78, 5) is 31.8. The fourth-order valence-corrected chi connectivity index (χ4v) is 5.48. The van der Waals surface area contributed by atoms with E-state index in [9.17, 15) is 9.59 Å². The quantitative estimate of drug-likeness (QED) is 0.296. The van der Waals surface area contributed by atoms with E-state index >= 15 is 0 Å². The predicted octanol–water partition coefficient (Wildman–Crippen LogP) is 2.71. The molecular formula is C26H30N4O3. The summed E-state index contributed by atoms with van der Waals surface area (Å²) in [6, 6.07) is 12.3. The van der Waals surface area contributed by atoms with Crippen LogP contribution in [0.15, 0.2) is 53.5 Å². The first kappa shape index (κ1) is 21.5. The third-order valence-electron chi connectivity index (χ3n) is 7.07. The van der Waals surface area contributed by atoms with Crippen LogP contribution in [-0.4, -0.2) is 49.4 Å². The zero-order valence-electron chi connectivity index (χ0n) is 19.1. The molecule has 4 atom stereocenters. The summed E-state index contributed by atoms with van der Waals surface area (Å²) in [6.45, 7) is 4.11. The highest BCUT2D eigenvalue weighted by atomic mass is 16.5. The van der Waals surface area contributed by atoms with Crippen LogP contribution in [-0.2, 0) is 16.1 Å². The molecule has 2 N–H and O–H groups in total. The van der Waals surface area contributed by atoms with E-state index in [1.165, 1.54) is 4.90 Å². The van der Waals surface area contributed by atoms with Gasteiger partial charge in [0.25, 0.3) is 0 Å². The van der Waals surface area contributed by atoms with Crippen molar-refractivity contribution in [3.63, 3.8) is 0 Å². The van der Waals surface area contributed by atoms with Crippen molar-refractivity contribution in [1.82, 2.24) is 15.5 Å². The van der Waals surface area contributed by atoms with E-state index < -0.39 is 0 Å². The molecule has 3 aliphatic rings. The van der Waals surface area contributed by atoms with Gasteiger partial charge in [0.1, 0.15) is 5.75 Å². The summed E-state index contributed by atoms with van der Waals surface area (Å²) in [5.74, 6) is 1.73. The molecule has 1 saturated heterocycles.